The van der Waals surface area contributed by atoms with Gasteiger partial charge in [0, 0.05) is 24.2 Å². The standard InChI is InChI=1S/C21H26N4O2/c1-13(2)17-9-10-18(24-23-17)15-5-7-16(8-6-15)21(27)25-12-11-22-20(26)19(25)14(3)4/h5-10,13-14,19H,11-12H2,1-4H3,(H,22,26)/t19-/m1/s1. The zero-order valence-corrected chi connectivity index (χ0v) is 16.3. The van der Waals surface area contributed by atoms with Crippen LogP contribution >= 0.6 is 0 Å². The summed E-state index contributed by atoms with van der Waals surface area (Å²) in [6.45, 7) is 9.09. The van der Waals surface area contributed by atoms with E-state index >= 15 is 0 Å². The number of carbonyl (C=O) groups is 2. The molecule has 2 heterocycles. The van der Waals surface area contributed by atoms with Gasteiger partial charge < -0.3 is 10.2 Å². The van der Waals surface area contributed by atoms with E-state index in [-0.39, 0.29) is 17.7 Å². The fourth-order valence-electron chi connectivity index (χ4n) is 3.33. The monoisotopic (exact) mass is 366 g/mol. The minimum Gasteiger partial charge on any atom is -0.353 e. The van der Waals surface area contributed by atoms with E-state index in [4.69, 9.17) is 0 Å². The van der Waals surface area contributed by atoms with Gasteiger partial charge in [-0.25, -0.2) is 0 Å². The third-order valence-corrected chi connectivity index (χ3v) is 4.85. The molecule has 0 unspecified atom stereocenters. The van der Waals surface area contributed by atoms with E-state index in [9.17, 15) is 9.59 Å². The molecule has 6 heteroatoms. The van der Waals surface area contributed by atoms with Gasteiger partial charge in [0.2, 0.25) is 5.91 Å². The van der Waals surface area contributed by atoms with Gasteiger partial charge in [-0.2, -0.15) is 10.2 Å². The number of rotatable bonds is 4. The lowest BCUT2D eigenvalue weighted by atomic mass is 9.98. The summed E-state index contributed by atoms with van der Waals surface area (Å²) >= 11 is 0. The summed E-state index contributed by atoms with van der Waals surface area (Å²) in [6.07, 6.45) is 0. The zero-order chi connectivity index (χ0) is 19.6. The highest BCUT2D eigenvalue weighted by atomic mass is 16.2. The topological polar surface area (TPSA) is 75.2 Å². The molecule has 0 radical (unpaired) electrons. The molecule has 6 nitrogen and oxygen atoms in total. The van der Waals surface area contributed by atoms with Gasteiger partial charge in [-0.05, 0) is 36.1 Å². The second-order valence-electron chi connectivity index (χ2n) is 7.55. The third-order valence-electron chi connectivity index (χ3n) is 4.85. The fourth-order valence-corrected chi connectivity index (χ4v) is 3.33. The number of nitrogens with one attached hydrogen (secondary N) is 1. The first-order valence-electron chi connectivity index (χ1n) is 9.41. The molecule has 3 rings (SSSR count). The molecule has 1 aliphatic heterocycles. The van der Waals surface area contributed by atoms with Crippen LogP contribution in [0.4, 0.5) is 0 Å². The molecule has 0 aliphatic carbocycles. The van der Waals surface area contributed by atoms with Crippen molar-refractivity contribution in [1.82, 2.24) is 20.4 Å². The predicted octanol–water partition coefficient (Wildman–Crippen LogP) is 2.86. The Hall–Kier alpha value is -2.76. The van der Waals surface area contributed by atoms with Gasteiger partial charge in [0.05, 0.1) is 11.4 Å². The molecule has 27 heavy (non-hydrogen) atoms. The highest BCUT2D eigenvalue weighted by Crippen LogP contribution is 2.21. The number of hydrogen-bond donors (Lipinski definition) is 1. The molecule has 1 fully saturated rings. The molecular weight excluding hydrogens is 340 g/mol. The van der Waals surface area contributed by atoms with E-state index in [1.165, 1.54) is 0 Å². The van der Waals surface area contributed by atoms with Crippen molar-refractivity contribution in [3.63, 3.8) is 0 Å². The van der Waals surface area contributed by atoms with E-state index in [1.54, 1.807) is 17.0 Å². The fraction of sp³-hybridized carbons (Fsp3) is 0.429. The Labute approximate surface area is 160 Å². The van der Waals surface area contributed by atoms with Crippen LogP contribution in [0.1, 0.15) is 49.7 Å². The number of nitrogens with zero attached hydrogens (tertiary/aromatic N) is 3. The summed E-state index contributed by atoms with van der Waals surface area (Å²) in [5.74, 6) is 0.198. The molecule has 1 aromatic carbocycles. The average Bonchev–Trinajstić information content (AvgIpc) is 2.67. The second-order valence-corrected chi connectivity index (χ2v) is 7.55. The van der Waals surface area contributed by atoms with Crippen molar-refractivity contribution >= 4 is 11.8 Å². The van der Waals surface area contributed by atoms with Crippen LogP contribution in [-0.4, -0.2) is 46.0 Å². The molecule has 142 valence electrons. The highest BCUT2D eigenvalue weighted by Gasteiger charge is 2.35. The molecule has 0 spiro atoms. The average molecular weight is 366 g/mol. The van der Waals surface area contributed by atoms with Gasteiger partial charge in [0.15, 0.2) is 0 Å². The van der Waals surface area contributed by atoms with Gasteiger partial charge in [-0.1, -0.05) is 39.8 Å². The van der Waals surface area contributed by atoms with E-state index < -0.39 is 6.04 Å². The largest absolute Gasteiger partial charge is 0.353 e. The minimum absolute atomic E-state index is 0.0586. The van der Waals surface area contributed by atoms with Crippen LogP contribution in [0.15, 0.2) is 36.4 Å². The van der Waals surface area contributed by atoms with Crippen LogP contribution in [0.25, 0.3) is 11.3 Å². The van der Waals surface area contributed by atoms with Crippen LogP contribution in [0, 0.1) is 5.92 Å². The van der Waals surface area contributed by atoms with Crippen molar-refractivity contribution in [1.29, 1.82) is 0 Å². The maximum Gasteiger partial charge on any atom is 0.254 e. The lowest BCUT2D eigenvalue weighted by Crippen LogP contribution is -2.59. The van der Waals surface area contributed by atoms with Crippen molar-refractivity contribution in [2.75, 3.05) is 13.1 Å². The van der Waals surface area contributed by atoms with Gasteiger partial charge >= 0.3 is 0 Å². The van der Waals surface area contributed by atoms with Gasteiger partial charge in [-0.3, -0.25) is 9.59 Å². The van der Waals surface area contributed by atoms with Crippen molar-refractivity contribution in [2.45, 2.75) is 39.7 Å². The normalized spacial score (nSPS) is 17.3. The summed E-state index contributed by atoms with van der Waals surface area (Å²) in [4.78, 5) is 26.8. The molecule has 0 saturated carbocycles. The lowest BCUT2D eigenvalue weighted by molar-refractivity contribution is -0.129. The Morgan fingerprint density at radius 2 is 1.78 bits per heavy atom. The number of piperazine rings is 1. The predicted molar refractivity (Wildman–Crippen MR) is 104 cm³/mol. The number of amides is 2. The van der Waals surface area contributed by atoms with Crippen LogP contribution in [0.2, 0.25) is 0 Å². The van der Waals surface area contributed by atoms with Crippen LogP contribution in [0.3, 0.4) is 0 Å². The maximum absolute atomic E-state index is 12.9. The van der Waals surface area contributed by atoms with Crippen LogP contribution in [-0.2, 0) is 4.79 Å². The van der Waals surface area contributed by atoms with E-state index in [1.807, 2.05) is 38.1 Å². The van der Waals surface area contributed by atoms with E-state index in [2.05, 4.69) is 29.4 Å². The first kappa shape index (κ1) is 19.0. The number of aromatic nitrogens is 2. The number of benzene rings is 1. The lowest BCUT2D eigenvalue weighted by Gasteiger charge is -2.37. The quantitative estimate of drug-likeness (QED) is 0.903. The smallest absolute Gasteiger partial charge is 0.254 e. The molecule has 1 aliphatic rings. The molecule has 0 bridgehead atoms. The zero-order valence-electron chi connectivity index (χ0n) is 16.3. The Balaban J connectivity index is 1.80. The molecule has 2 amide bonds. The molecule has 1 aromatic heterocycles. The van der Waals surface area contributed by atoms with Crippen molar-refractivity contribution in [2.24, 2.45) is 5.92 Å². The molecule has 1 saturated heterocycles. The van der Waals surface area contributed by atoms with Crippen molar-refractivity contribution in [3.8, 4) is 11.3 Å². The molecule has 2 aromatic rings. The third kappa shape index (κ3) is 3.99. The maximum atomic E-state index is 12.9. The van der Waals surface area contributed by atoms with E-state index in [0.717, 1.165) is 17.0 Å². The summed E-state index contributed by atoms with van der Waals surface area (Å²) in [6, 6.07) is 10.8. The highest BCUT2D eigenvalue weighted by molar-refractivity contribution is 5.98. The number of hydrogen-bond acceptors (Lipinski definition) is 4. The first-order valence-corrected chi connectivity index (χ1v) is 9.41. The Morgan fingerprint density at radius 3 is 2.33 bits per heavy atom. The van der Waals surface area contributed by atoms with Gasteiger partial charge in [0.25, 0.3) is 5.91 Å². The van der Waals surface area contributed by atoms with Crippen molar-refractivity contribution < 1.29 is 9.59 Å². The Kier molecular flexibility index (Phi) is 5.54. The Morgan fingerprint density at radius 1 is 1.07 bits per heavy atom. The SMILES string of the molecule is CC(C)c1ccc(-c2ccc(C(=O)N3CCNC(=O)[C@H]3C(C)C)cc2)nn1. The first-order chi connectivity index (χ1) is 12.9. The van der Waals surface area contributed by atoms with Gasteiger partial charge in [0.1, 0.15) is 6.04 Å². The Bertz CT molecular complexity index is 813. The van der Waals surface area contributed by atoms with Crippen molar-refractivity contribution in [3.05, 3.63) is 47.7 Å². The van der Waals surface area contributed by atoms with Gasteiger partial charge in [-0.15, -0.1) is 0 Å². The summed E-state index contributed by atoms with van der Waals surface area (Å²) in [5, 5.41) is 11.4. The molecule has 1 atom stereocenters. The molecular formula is C21H26N4O2. The second kappa shape index (κ2) is 7.86. The van der Waals surface area contributed by atoms with E-state index in [0.29, 0.717) is 24.6 Å². The summed E-state index contributed by atoms with van der Waals surface area (Å²) in [7, 11) is 0. The molecule has 1 N–H and O–H groups in total. The number of carbonyl (C=O) groups excluding carboxylic acids is 2. The summed E-state index contributed by atoms with van der Waals surface area (Å²) < 4.78 is 0. The van der Waals surface area contributed by atoms with Crippen LogP contribution < -0.4 is 5.32 Å². The minimum atomic E-state index is -0.430. The van der Waals surface area contributed by atoms with Crippen LogP contribution in [0.5, 0.6) is 0 Å². The summed E-state index contributed by atoms with van der Waals surface area (Å²) in [5.41, 5.74) is 3.21.